The molecule has 1 aromatic heterocycles. The fourth-order valence-corrected chi connectivity index (χ4v) is 3.29. The minimum atomic E-state index is 0.406. The Morgan fingerprint density at radius 2 is 1.85 bits per heavy atom. The highest BCUT2D eigenvalue weighted by Gasteiger charge is 2.16. The quantitative estimate of drug-likeness (QED) is 0.630. The molecule has 0 saturated carbocycles. The van der Waals surface area contributed by atoms with Crippen molar-refractivity contribution >= 4 is 43.5 Å². The molecule has 2 rings (SSSR count). The Balaban J connectivity index is 2.11. The van der Waals surface area contributed by atoms with Crippen LogP contribution in [0, 0.1) is 12.8 Å². The van der Waals surface area contributed by atoms with Crippen LogP contribution in [0.3, 0.4) is 0 Å². The van der Waals surface area contributed by atoms with Crippen LogP contribution in [0.15, 0.2) is 33.2 Å². The lowest BCUT2D eigenvalue weighted by molar-refractivity contribution is 0.550. The number of aryl methyl sites for hydroxylation is 2. The van der Waals surface area contributed by atoms with Crippen LogP contribution in [0.5, 0.6) is 0 Å². The molecule has 108 valence electrons. The van der Waals surface area contributed by atoms with Crippen molar-refractivity contribution in [1.29, 1.82) is 0 Å². The van der Waals surface area contributed by atoms with E-state index in [4.69, 9.17) is 11.6 Å². The largest absolute Gasteiger partial charge is 0.271 e. The Bertz CT molecular complexity index is 578. The number of nitrogens with zero attached hydrogens (tertiary/aromatic N) is 2. The van der Waals surface area contributed by atoms with Crippen molar-refractivity contribution in [3.8, 4) is 0 Å². The van der Waals surface area contributed by atoms with Gasteiger partial charge in [0.1, 0.15) is 0 Å². The van der Waals surface area contributed by atoms with Crippen LogP contribution in [-0.4, -0.2) is 15.7 Å². The van der Waals surface area contributed by atoms with Gasteiger partial charge < -0.3 is 0 Å². The summed E-state index contributed by atoms with van der Waals surface area (Å²) in [6.45, 7) is 2.01. The molecule has 0 aliphatic rings. The second-order valence-corrected chi connectivity index (χ2v) is 7.04. The summed E-state index contributed by atoms with van der Waals surface area (Å²) < 4.78 is 4.15. The third kappa shape index (κ3) is 3.86. The summed E-state index contributed by atoms with van der Waals surface area (Å²) in [6, 6.07) is 8.44. The van der Waals surface area contributed by atoms with Crippen molar-refractivity contribution in [2.75, 3.05) is 5.88 Å². The van der Waals surface area contributed by atoms with Gasteiger partial charge in [-0.05, 0) is 59.3 Å². The Morgan fingerprint density at radius 1 is 1.20 bits per heavy atom. The fourth-order valence-electron chi connectivity index (χ4n) is 2.31. The first-order chi connectivity index (χ1) is 9.51. The number of hydrogen-bond donors (Lipinski definition) is 0. The van der Waals surface area contributed by atoms with Gasteiger partial charge in [0.25, 0.3) is 0 Å². The van der Waals surface area contributed by atoms with E-state index < -0.39 is 0 Å². The summed E-state index contributed by atoms with van der Waals surface area (Å²) in [4.78, 5) is 0. The van der Waals surface area contributed by atoms with Gasteiger partial charge in [0, 0.05) is 17.4 Å². The monoisotopic (exact) mass is 418 g/mol. The van der Waals surface area contributed by atoms with Gasteiger partial charge in [0.05, 0.1) is 15.9 Å². The molecule has 0 radical (unpaired) electrons. The third-order valence-corrected chi connectivity index (χ3v) is 5.40. The summed E-state index contributed by atoms with van der Waals surface area (Å²) in [5.74, 6) is 1.05. The molecular weight excluding hydrogens is 403 g/mol. The first-order valence-electron chi connectivity index (χ1n) is 6.49. The van der Waals surface area contributed by atoms with Crippen molar-refractivity contribution < 1.29 is 0 Å². The van der Waals surface area contributed by atoms with Crippen molar-refractivity contribution in [2.24, 2.45) is 13.0 Å². The van der Waals surface area contributed by atoms with E-state index in [-0.39, 0.29) is 0 Å². The first kappa shape index (κ1) is 16.1. The van der Waals surface area contributed by atoms with Gasteiger partial charge in [-0.15, -0.1) is 11.6 Å². The molecule has 1 atom stereocenters. The zero-order valence-corrected chi connectivity index (χ0v) is 15.5. The lowest BCUT2D eigenvalue weighted by Crippen LogP contribution is -2.13. The van der Waals surface area contributed by atoms with Crippen molar-refractivity contribution in [3.05, 3.63) is 50.2 Å². The van der Waals surface area contributed by atoms with E-state index in [9.17, 15) is 0 Å². The molecule has 2 nitrogen and oxygen atoms in total. The molecule has 0 spiro atoms. The zero-order chi connectivity index (χ0) is 14.7. The summed E-state index contributed by atoms with van der Waals surface area (Å²) >= 11 is 13.2. The average Bonchev–Trinajstić information content (AvgIpc) is 2.66. The van der Waals surface area contributed by atoms with Crippen LogP contribution in [0.4, 0.5) is 0 Å². The fraction of sp³-hybridized carbons (Fsp3) is 0.400. The van der Waals surface area contributed by atoms with Crippen molar-refractivity contribution in [1.82, 2.24) is 9.78 Å². The van der Waals surface area contributed by atoms with E-state index in [1.165, 1.54) is 11.3 Å². The molecule has 1 unspecified atom stereocenters. The predicted molar refractivity (Wildman–Crippen MR) is 91.4 cm³/mol. The van der Waals surface area contributed by atoms with Crippen molar-refractivity contribution in [2.45, 2.75) is 19.8 Å². The summed E-state index contributed by atoms with van der Waals surface area (Å²) in [6.07, 6.45) is 1.91. The van der Waals surface area contributed by atoms with Crippen LogP contribution in [-0.2, 0) is 19.9 Å². The number of aromatic nitrogens is 2. The van der Waals surface area contributed by atoms with Crippen LogP contribution in [0.2, 0.25) is 0 Å². The lowest BCUT2D eigenvalue weighted by atomic mass is 9.96. The molecule has 0 fully saturated rings. The van der Waals surface area contributed by atoms with Crippen molar-refractivity contribution in [3.63, 3.8) is 0 Å². The highest BCUT2D eigenvalue weighted by molar-refractivity contribution is 9.10. The zero-order valence-electron chi connectivity index (χ0n) is 11.5. The lowest BCUT2D eigenvalue weighted by Gasteiger charge is -2.14. The highest BCUT2D eigenvalue weighted by Crippen LogP contribution is 2.25. The number of alkyl halides is 1. The Labute approximate surface area is 141 Å². The van der Waals surface area contributed by atoms with E-state index in [1.807, 2.05) is 18.7 Å². The molecule has 2 aromatic rings. The first-order valence-corrected chi connectivity index (χ1v) is 8.61. The molecule has 0 bridgehead atoms. The van der Waals surface area contributed by atoms with Crippen LogP contribution in [0.1, 0.15) is 17.0 Å². The molecule has 20 heavy (non-hydrogen) atoms. The molecule has 1 aromatic carbocycles. The SMILES string of the molecule is Cc1nn(C)c(CC(CCl)Cc2ccc(Br)cc2)c1Br. The second kappa shape index (κ2) is 7.10. The van der Waals surface area contributed by atoms with Gasteiger partial charge in [0.15, 0.2) is 0 Å². The van der Waals surface area contributed by atoms with Gasteiger partial charge in [-0.25, -0.2) is 0 Å². The Hall–Kier alpha value is -0.320. The number of benzene rings is 1. The van der Waals surface area contributed by atoms with E-state index in [0.717, 1.165) is 27.5 Å². The molecule has 0 amide bonds. The maximum Gasteiger partial charge on any atom is 0.0738 e. The van der Waals surface area contributed by atoms with Gasteiger partial charge >= 0.3 is 0 Å². The normalized spacial score (nSPS) is 12.7. The van der Waals surface area contributed by atoms with Gasteiger partial charge in [-0.3, -0.25) is 4.68 Å². The maximum atomic E-state index is 6.16. The minimum Gasteiger partial charge on any atom is -0.271 e. The van der Waals surface area contributed by atoms with Gasteiger partial charge in [-0.2, -0.15) is 5.10 Å². The highest BCUT2D eigenvalue weighted by atomic mass is 79.9. The Kier molecular flexibility index (Phi) is 5.70. The summed E-state index contributed by atoms with van der Waals surface area (Å²) in [7, 11) is 1.98. The maximum absolute atomic E-state index is 6.16. The van der Waals surface area contributed by atoms with Crippen LogP contribution in [0.25, 0.3) is 0 Å². The van der Waals surface area contributed by atoms with E-state index in [0.29, 0.717) is 11.8 Å². The average molecular weight is 421 g/mol. The van der Waals surface area contributed by atoms with Crippen LogP contribution >= 0.6 is 43.5 Å². The summed E-state index contributed by atoms with van der Waals surface area (Å²) in [5, 5.41) is 4.44. The third-order valence-electron chi connectivity index (χ3n) is 3.40. The molecule has 0 aliphatic heterocycles. The van der Waals surface area contributed by atoms with Gasteiger partial charge in [-0.1, -0.05) is 28.1 Å². The second-order valence-electron chi connectivity index (χ2n) is 5.02. The number of rotatable bonds is 5. The molecule has 1 heterocycles. The smallest absolute Gasteiger partial charge is 0.0738 e. The molecule has 0 saturated heterocycles. The molecule has 0 N–H and O–H groups in total. The van der Waals surface area contributed by atoms with E-state index >= 15 is 0 Å². The standard InChI is InChI=1S/C15H17Br2ClN2/c1-10-15(17)14(20(2)19-10)8-12(9-18)7-11-3-5-13(16)6-4-11/h3-6,12H,7-9H2,1-2H3. The number of hydrogen-bond acceptors (Lipinski definition) is 1. The van der Waals surface area contributed by atoms with E-state index in [2.05, 4.69) is 61.2 Å². The minimum absolute atomic E-state index is 0.406. The molecule has 5 heteroatoms. The molecular formula is C15H17Br2ClN2. The number of halogens is 3. The van der Waals surface area contributed by atoms with Gasteiger partial charge in [0.2, 0.25) is 0 Å². The summed E-state index contributed by atoms with van der Waals surface area (Å²) in [5.41, 5.74) is 3.55. The van der Waals surface area contributed by atoms with Crippen LogP contribution < -0.4 is 0 Å². The van der Waals surface area contributed by atoms with E-state index in [1.54, 1.807) is 0 Å². The topological polar surface area (TPSA) is 17.8 Å². The predicted octanol–water partition coefficient (Wildman–Crippen LogP) is 4.89. The Morgan fingerprint density at radius 3 is 2.35 bits per heavy atom. The molecule has 0 aliphatic carbocycles.